The Bertz CT molecular complexity index is 424. The number of rotatable bonds is 2. The van der Waals surface area contributed by atoms with Crippen LogP contribution in [0.1, 0.15) is 10.5 Å². The normalized spacial score (nSPS) is 14.9. The van der Waals surface area contributed by atoms with Crippen LogP contribution in [0.2, 0.25) is 0 Å². The van der Waals surface area contributed by atoms with Gasteiger partial charge in [-0.3, -0.25) is 4.79 Å². The molecule has 0 aromatic carbocycles. The van der Waals surface area contributed by atoms with Crippen molar-refractivity contribution in [3.05, 3.63) is 23.8 Å². The third-order valence-corrected chi connectivity index (χ3v) is 2.74. The van der Waals surface area contributed by atoms with E-state index in [0.29, 0.717) is 5.69 Å². The van der Waals surface area contributed by atoms with Crippen LogP contribution in [0.4, 0.5) is 10.1 Å². The van der Waals surface area contributed by atoms with E-state index in [1.54, 1.807) is 6.07 Å². The maximum Gasteiger partial charge on any atom is 0.271 e. The molecule has 1 aliphatic rings. The van der Waals surface area contributed by atoms with Gasteiger partial charge >= 0.3 is 0 Å². The van der Waals surface area contributed by atoms with Crippen LogP contribution in [0.15, 0.2) is 12.1 Å². The minimum atomic E-state index is -0.637. The Labute approximate surface area is 111 Å². The van der Waals surface area contributed by atoms with Gasteiger partial charge in [-0.1, -0.05) is 0 Å². The smallest absolute Gasteiger partial charge is 0.271 e. The highest BCUT2D eigenvalue weighted by Crippen LogP contribution is 2.19. The lowest BCUT2D eigenvalue weighted by atomic mass is 10.2. The predicted octanol–water partition coefficient (Wildman–Crippen LogP) is 0.412. The van der Waals surface area contributed by atoms with Crippen LogP contribution in [-0.2, 0) is 0 Å². The molecule has 2 N–H and O–H groups in total. The Balaban J connectivity index is 0.00000162. The fourth-order valence-electron chi connectivity index (χ4n) is 1.87. The topological polar surface area (TPSA) is 57.3 Å². The monoisotopic (exact) mass is 274 g/mol. The zero-order chi connectivity index (χ0) is 12.3. The summed E-state index contributed by atoms with van der Waals surface area (Å²) in [4.78, 5) is 17.4. The summed E-state index contributed by atoms with van der Waals surface area (Å²) in [5.74, 6) is -1.000. The molecule has 5 nitrogen and oxygen atoms in total. The lowest BCUT2D eigenvalue weighted by molar-refractivity contribution is 0.0957. The number of nitrogens with zero attached hydrogens (tertiary/aromatic N) is 2. The van der Waals surface area contributed by atoms with Gasteiger partial charge in [0.25, 0.3) is 5.91 Å². The predicted molar refractivity (Wildman–Crippen MR) is 69.9 cm³/mol. The number of anilines is 1. The van der Waals surface area contributed by atoms with E-state index in [1.807, 2.05) is 4.90 Å². The molecule has 0 bridgehead atoms. The molecule has 1 aromatic heterocycles. The first-order valence-corrected chi connectivity index (χ1v) is 5.56. The minimum Gasteiger partial charge on any atom is -0.367 e. The molecule has 1 aliphatic heterocycles. The van der Waals surface area contributed by atoms with E-state index in [-0.39, 0.29) is 24.0 Å². The Morgan fingerprint density at radius 3 is 2.72 bits per heavy atom. The van der Waals surface area contributed by atoms with E-state index in [9.17, 15) is 9.18 Å². The lowest BCUT2D eigenvalue weighted by Gasteiger charge is -2.30. The summed E-state index contributed by atoms with van der Waals surface area (Å²) in [5.41, 5.74) is 0.835. The lowest BCUT2D eigenvalue weighted by Crippen LogP contribution is -2.44. The molecule has 2 rings (SSSR count). The second kappa shape index (κ2) is 6.51. The first-order valence-electron chi connectivity index (χ1n) is 5.56. The molecule has 0 atom stereocenters. The molecule has 1 aromatic rings. The van der Waals surface area contributed by atoms with Crippen molar-refractivity contribution >= 4 is 24.0 Å². The van der Waals surface area contributed by atoms with Crippen LogP contribution in [0.3, 0.4) is 0 Å². The molecule has 0 radical (unpaired) electrons. The Hall–Kier alpha value is -1.40. The summed E-state index contributed by atoms with van der Waals surface area (Å²) in [6.07, 6.45) is 0. The molecule has 0 aliphatic carbocycles. The summed E-state index contributed by atoms with van der Waals surface area (Å²) < 4.78 is 13.1. The van der Waals surface area contributed by atoms with Crippen LogP contribution in [0, 0.1) is 5.95 Å². The number of carbonyl (C=O) groups excluding carboxylic acids is 1. The van der Waals surface area contributed by atoms with Gasteiger partial charge < -0.3 is 15.5 Å². The van der Waals surface area contributed by atoms with E-state index in [4.69, 9.17) is 0 Å². The van der Waals surface area contributed by atoms with E-state index < -0.39 is 5.95 Å². The largest absolute Gasteiger partial charge is 0.367 e. The molecule has 100 valence electrons. The number of aromatic nitrogens is 1. The number of hydrogen-bond donors (Lipinski definition) is 2. The van der Waals surface area contributed by atoms with E-state index in [2.05, 4.69) is 15.6 Å². The Kier molecular flexibility index (Phi) is 5.30. The molecule has 1 saturated heterocycles. The summed E-state index contributed by atoms with van der Waals surface area (Å²) in [7, 11) is 1.51. The quantitative estimate of drug-likeness (QED) is 0.767. The number of piperazine rings is 1. The molecule has 0 saturated carbocycles. The standard InChI is InChI=1S/C11H15FN4O.ClH/c1-13-11(17)10-8(2-3-9(12)15-10)16-6-4-14-5-7-16;/h2-3,14H,4-7H2,1H3,(H,13,17);1H. The van der Waals surface area contributed by atoms with E-state index in [1.165, 1.54) is 13.1 Å². The van der Waals surface area contributed by atoms with E-state index >= 15 is 0 Å². The van der Waals surface area contributed by atoms with Crippen LogP contribution >= 0.6 is 12.4 Å². The first kappa shape index (κ1) is 14.7. The number of pyridine rings is 1. The fraction of sp³-hybridized carbons (Fsp3) is 0.455. The van der Waals surface area contributed by atoms with Gasteiger partial charge in [-0.2, -0.15) is 4.39 Å². The highest BCUT2D eigenvalue weighted by atomic mass is 35.5. The maximum absolute atomic E-state index is 13.1. The third kappa shape index (κ3) is 3.08. The van der Waals surface area contributed by atoms with Crippen molar-refractivity contribution in [1.29, 1.82) is 0 Å². The average Bonchev–Trinajstić information content (AvgIpc) is 2.38. The molecule has 0 unspecified atom stereocenters. The molecule has 0 spiro atoms. The molecule has 7 heteroatoms. The minimum absolute atomic E-state index is 0. The van der Waals surface area contributed by atoms with Crippen molar-refractivity contribution in [1.82, 2.24) is 15.6 Å². The molecule has 2 heterocycles. The second-order valence-corrected chi connectivity index (χ2v) is 3.82. The number of nitrogens with one attached hydrogen (secondary N) is 2. The molecule has 1 amide bonds. The van der Waals surface area contributed by atoms with Crippen molar-refractivity contribution in [2.45, 2.75) is 0 Å². The van der Waals surface area contributed by atoms with Gasteiger partial charge in [0.15, 0.2) is 5.69 Å². The second-order valence-electron chi connectivity index (χ2n) is 3.82. The van der Waals surface area contributed by atoms with Crippen molar-refractivity contribution < 1.29 is 9.18 Å². The summed E-state index contributed by atoms with van der Waals surface area (Å²) in [6, 6.07) is 2.89. The van der Waals surface area contributed by atoms with Crippen molar-refractivity contribution in [2.75, 3.05) is 38.1 Å². The summed E-state index contributed by atoms with van der Waals surface area (Å²) in [5, 5.41) is 5.70. The van der Waals surface area contributed by atoms with Gasteiger partial charge in [0.1, 0.15) is 0 Å². The maximum atomic E-state index is 13.1. The van der Waals surface area contributed by atoms with Crippen molar-refractivity contribution in [3.63, 3.8) is 0 Å². The van der Waals surface area contributed by atoms with Gasteiger partial charge in [0.05, 0.1) is 5.69 Å². The fourth-order valence-corrected chi connectivity index (χ4v) is 1.87. The van der Waals surface area contributed by atoms with Gasteiger partial charge in [-0.15, -0.1) is 12.4 Å². The molecular weight excluding hydrogens is 259 g/mol. The Morgan fingerprint density at radius 1 is 1.44 bits per heavy atom. The van der Waals surface area contributed by atoms with Crippen molar-refractivity contribution in [2.24, 2.45) is 0 Å². The zero-order valence-electron chi connectivity index (χ0n) is 10.1. The van der Waals surface area contributed by atoms with Crippen LogP contribution in [0.25, 0.3) is 0 Å². The molecular formula is C11H16ClFN4O. The zero-order valence-corrected chi connectivity index (χ0v) is 10.9. The van der Waals surface area contributed by atoms with Gasteiger partial charge in [-0.25, -0.2) is 4.98 Å². The van der Waals surface area contributed by atoms with Crippen LogP contribution < -0.4 is 15.5 Å². The number of carbonyl (C=O) groups is 1. The summed E-state index contributed by atoms with van der Waals surface area (Å²) in [6.45, 7) is 3.28. The average molecular weight is 275 g/mol. The van der Waals surface area contributed by atoms with Gasteiger partial charge in [0.2, 0.25) is 5.95 Å². The SMILES string of the molecule is CNC(=O)c1nc(F)ccc1N1CCNCC1.Cl. The van der Waals surface area contributed by atoms with Crippen LogP contribution in [0.5, 0.6) is 0 Å². The third-order valence-electron chi connectivity index (χ3n) is 2.74. The highest BCUT2D eigenvalue weighted by Gasteiger charge is 2.19. The van der Waals surface area contributed by atoms with E-state index in [0.717, 1.165) is 26.2 Å². The van der Waals surface area contributed by atoms with Gasteiger partial charge in [0, 0.05) is 33.2 Å². The number of halogens is 2. The Morgan fingerprint density at radius 2 is 2.11 bits per heavy atom. The van der Waals surface area contributed by atoms with Crippen molar-refractivity contribution in [3.8, 4) is 0 Å². The molecule has 18 heavy (non-hydrogen) atoms. The first-order chi connectivity index (χ1) is 8.22. The highest BCUT2D eigenvalue weighted by molar-refractivity contribution is 5.97. The van der Waals surface area contributed by atoms with Crippen LogP contribution in [-0.4, -0.2) is 44.1 Å². The van der Waals surface area contributed by atoms with Gasteiger partial charge in [-0.05, 0) is 12.1 Å². The summed E-state index contributed by atoms with van der Waals surface area (Å²) >= 11 is 0. The number of hydrogen-bond acceptors (Lipinski definition) is 4. The molecule has 1 fully saturated rings. The number of amides is 1.